The molecule has 0 aromatic heterocycles. The van der Waals surface area contributed by atoms with E-state index in [1.807, 2.05) is 14.0 Å². The van der Waals surface area contributed by atoms with Crippen molar-refractivity contribution in [1.29, 1.82) is 0 Å². The smallest absolute Gasteiger partial charge is 0.193 e. The monoisotopic (exact) mass is 461 g/mol. The van der Waals surface area contributed by atoms with Gasteiger partial charge in [0.25, 0.3) is 0 Å². The van der Waals surface area contributed by atoms with Crippen molar-refractivity contribution in [2.45, 2.75) is 32.6 Å². The number of guanidine groups is 1. The van der Waals surface area contributed by atoms with Crippen LogP contribution >= 0.6 is 24.0 Å². The number of hydrogen-bond acceptors (Lipinski definition) is 4. The topological polar surface area (TPSA) is 71.0 Å². The Bertz CT molecular complexity index is 437. The predicted molar refractivity (Wildman–Crippen MR) is 107 cm³/mol. The summed E-state index contributed by atoms with van der Waals surface area (Å²) in [5.41, 5.74) is 0. The summed E-state index contributed by atoms with van der Waals surface area (Å²) in [5.74, 6) is 1.80. The Labute approximate surface area is 158 Å². The van der Waals surface area contributed by atoms with Gasteiger partial charge in [0, 0.05) is 46.2 Å². The van der Waals surface area contributed by atoms with Gasteiger partial charge in [0.15, 0.2) is 5.96 Å². The summed E-state index contributed by atoms with van der Waals surface area (Å²) in [6.45, 7) is 6.12. The first-order valence-electron chi connectivity index (χ1n) is 8.17. The first-order valence-corrected chi connectivity index (χ1v) is 10.2. The molecule has 0 atom stereocenters. The fourth-order valence-electron chi connectivity index (χ4n) is 2.50. The van der Waals surface area contributed by atoms with Gasteiger partial charge in [-0.1, -0.05) is 0 Å². The van der Waals surface area contributed by atoms with Gasteiger partial charge in [0.2, 0.25) is 0 Å². The second kappa shape index (κ2) is 12.3. The molecule has 138 valence electrons. The predicted octanol–water partition coefficient (Wildman–Crippen LogP) is 1.75. The van der Waals surface area contributed by atoms with Crippen LogP contribution in [0.15, 0.2) is 4.99 Å². The van der Waals surface area contributed by atoms with E-state index in [4.69, 9.17) is 4.74 Å². The number of sulfone groups is 1. The van der Waals surface area contributed by atoms with Gasteiger partial charge in [0.1, 0.15) is 9.84 Å². The minimum absolute atomic E-state index is 0. The average molecular weight is 461 g/mol. The van der Waals surface area contributed by atoms with Crippen LogP contribution in [-0.2, 0) is 14.6 Å². The zero-order chi connectivity index (χ0) is 16.4. The van der Waals surface area contributed by atoms with Crippen molar-refractivity contribution in [2.24, 2.45) is 10.9 Å². The first-order chi connectivity index (χ1) is 10.4. The van der Waals surface area contributed by atoms with E-state index in [0.29, 0.717) is 13.0 Å². The van der Waals surface area contributed by atoms with Crippen molar-refractivity contribution in [1.82, 2.24) is 10.2 Å². The second-order valence-electron chi connectivity index (χ2n) is 5.99. The van der Waals surface area contributed by atoms with Crippen molar-refractivity contribution >= 4 is 39.8 Å². The second-order valence-corrected chi connectivity index (χ2v) is 8.24. The summed E-state index contributed by atoms with van der Waals surface area (Å²) >= 11 is 0. The molecule has 0 unspecified atom stereocenters. The van der Waals surface area contributed by atoms with Crippen LogP contribution in [0.5, 0.6) is 0 Å². The molecule has 0 radical (unpaired) electrons. The lowest BCUT2D eigenvalue weighted by Gasteiger charge is -2.26. The number of halogens is 1. The van der Waals surface area contributed by atoms with Gasteiger partial charge in [-0.15, -0.1) is 24.0 Å². The number of nitrogens with one attached hydrogen (secondary N) is 1. The van der Waals surface area contributed by atoms with Crippen LogP contribution < -0.4 is 5.32 Å². The van der Waals surface area contributed by atoms with Crippen molar-refractivity contribution < 1.29 is 13.2 Å². The lowest BCUT2D eigenvalue weighted by Crippen LogP contribution is -2.40. The third-order valence-electron chi connectivity index (χ3n) is 3.84. The maximum atomic E-state index is 11.1. The number of nitrogens with zero attached hydrogens (tertiary/aromatic N) is 2. The molecule has 8 heteroatoms. The molecule has 1 aliphatic heterocycles. The third-order valence-corrected chi connectivity index (χ3v) is 4.88. The van der Waals surface area contributed by atoms with Crippen LogP contribution in [0.25, 0.3) is 0 Å². The lowest BCUT2D eigenvalue weighted by molar-refractivity contribution is 0.0625. The van der Waals surface area contributed by atoms with Crippen LogP contribution in [0.4, 0.5) is 0 Å². The van der Waals surface area contributed by atoms with E-state index in [-0.39, 0.29) is 29.7 Å². The standard InChI is InChI=1S/C15H31N3O3S.HI/c1-4-16-15(17-9-5-13-22(3,19)20)18(2)10-6-14-7-11-21-12-8-14;/h14H,4-13H2,1-3H3,(H,16,17);1H. The zero-order valence-electron chi connectivity index (χ0n) is 14.6. The van der Waals surface area contributed by atoms with E-state index >= 15 is 0 Å². The molecule has 0 aliphatic carbocycles. The molecule has 1 saturated heterocycles. The van der Waals surface area contributed by atoms with Crippen molar-refractivity contribution in [3.63, 3.8) is 0 Å². The van der Waals surface area contributed by atoms with E-state index in [1.54, 1.807) is 0 Å². The maximum Gasteiger partial charge on any atom is 0.193 e. The van der Waals surface area contributed by atoms with Crippen LogP contribution in [-0.4, -0.2) is 71.2 Å². The molecule has 0 bridgehead atoms. The fourth-order valence-corrected chi connectivity index (χ4v) is 3.15. The number of hydrogen-bond donors (Lipinski definition) is 1. The number of aliphatic imine (C=N–C) groups is 1. The van der Waals surface area contributed by atoms with Crippen molar-refractivity contribution in [3.8, 4) is 0 Å². The maximum absolute atomic E-state index is 11.1. The first kappa shape index (κ1) is 22.9. The molecule has 0 saturated carbocycles. The van der Waals surface area contributed by atoms with Crippen LogP contribution in [0.2, 0.25) is 0 Å². The molecule has 6 nitrogen and oxygen atoms in total. The van der Waals surface area contributed by atoms with Crippen molar-refractivity contribution in [3.05, 3.63) is 0 Å². The molecule has 1 rings (SSSR count). The average Bonchev–Trinajstić information content (AvgIpc) is 2.48. The van der Waals surface area contributed by atoms with E-state index in [9.17, 15) is 8.42 Å². The van der Waals surface area contributed by atoms with E-state index in [1.165, 1.54) is 6.26 Å². The molecule has 0 amide bonds. The molecule has 1 heterocycles. The van der Waals surface area contributed by atoms with Gasteiger partial charge in [-0.05, 0) is 38.5 Å². The summed E-state index contributed by atoms with van der Waals surface area (Å²) in [6, 6.07) is 0. The fraction of sp³-hybridized carbons (Fsp3) is 0.933. The highest BCUT2D eigenvalue weighted by Gasteiger charge is 2.15. The Hall–Kier alpha value is -0.0900. The Morgan fingerprint density at radius 1 is 1.35 bits per heavy atom. The van der Waals surface area contributed by atoms with Gasteiger partial charge in [-0.25, -0.2) is 8.42 Å². The highest BCUT2D eigenvalue weighted by Crippen LogP contribution is 2.18. The summed E-state index contributed by atoms with van der Waals surface area (Å²) in [4.78, 5) is 6.66. The van der Waals surface area contributed by atoms with Crippen LogP contribution in [0.1, 0.15) is 32.6 Å². The molecular weight excluding hydrogens is 429 g/mol. The lowest BCUT2D eigenvalue weighted by atomic mass is 9.96. The largest absolute Gasteiger partial charge is 0.381 e. The van der Waals surface area contributed by atoms with Crippen LogP contribution in [0, 0.1) is 5.92 Å². The van der Waals surface area contributed by atoms with E-state index in [2.05, 4.69) is 15.2 Å². The van der Waals surface area contributed by atoms with Gasteiger partial charge in [0.05, 0.1) is 5.75 Å². The van der Waals surface area contributed by atoms with Gasteiger partial charge >= 0.3 is 0 Å². The SMILES string of the molecule is CCNC(=NCCCS(C)(=O)=O)N(C)CCC1CCOCC1.I. The number of rotatable bonds is 8. The van der Waals surface area contributed by atoms with Gasteiger partial charge in [-0.2, -0.15) is 0 Å². The zero-order valence-corrected chi connectivity index (χ0v) is 17.7. The molecule has 1 aliphatic rings. The quantitative estimate of drug-likeness (QED) is 0.258. The normalized spacial score (nSPS) is 16.7. The van der Waals surface area contributed by atoms with E-state index in [0.717, 1.165) is 57.4 Å². The van der Waals surface area contributed by atoms with Crippen LogP contribution in [0.3, 0.4) is 0 Å². The summed E-state index contributed by atoms with van der Waals surface area (Å²) < 4.78 is 27.6. The molecule has 1 N–H and O–H groups in total. The highest BCUT2D eigenvalue weighted by molar-refractivity contribution is 14.0. The van der Waals surface area contributed by atoms with E-state index < -0.39 is 9.84 Å². The molecular formula is C15H32IN3O3S. The minimum atomic E-state index is -2.89. The Balaban J connectivity index is 0.00000484. The molecule has 0 aromatic rings. The molecule has 0 aromatic carbocycles. The molecule has 23 heavy (non-hydrogen) atoms. The van der Waals surface area contributed by atoms with Gasteiger partial charge in [-0.3, -0.25) is 4.99 Å². The van der Waals surface area contributed by atoms with Crippen molar-refractivity contribution in [2.75, 3.05) is 51.9 Å². The summed E-state index contributed by atoms with van der Waals surface area (Å²) in [5, 5.41) is 3.27. The molecule has 1 fully saturated rings. The Morgan fingerprint density at radius 2 is 2.00 bits per heavy atom. The Morgan fingerprint density at radius 3 is 2.57 bits per heavy atom. The molecule has 0 spiro atoms. The summed E-state index contributed by atoms with van der Waals surface area (Å²) in [6.07, 6.45) is 5.28. The van der Waals surface area contributed by atoms with Gasteiger partial charge < -0.3 is 15.0 Å². The third kappa shape index (κ3) is 11.1. The minimum Gasteiger partial charge on any atom is -0.381 e. The summed E-state index contributed by atoms with van der Waals surface area (Å²) in [7, 11) is -0.855. The number of ether oxygens (including phenoxy) is 1. The Kier molecular flexibility index (Phi) is 12.2. The highest BCUT2D eigenvalue weighted by atomic mass is 127.